The third-order valence-corrected chi connectivity index (χ3v) is 5.97. The maximum atomic E-state index is 12.8. The Hall–Kier alpha value is -2.22. The first-order valence-electron chi connectivity index (χ1n) is 9.39. The topological polar surface area (TPSA) is 56.6 Å². The van der Waals surface area contributed by atoms with Gasteiger partial charge in [0.15, 0.2) is 0 Å². The van der Waals surface area contributed by atoms with Gasteiger partial charge < -0.3 is 14.5 Å². The van der Waals surface area contributed by atoms with Gasteiger partial charge in [0.2, 0.25) is 0 Å². The van der Waals surface area contributed by atoms with Gasteiger partial charge in [-0.25, -0.2) is 4.79 Å². The minimum Gasteiger partial charge on any atom is -0.487 e. The van der Waals surface area contributed by atoms with Crippen molar-refractivity contribution in [2.24, 2.45) is 11.8 Å². The van der Waals surface area contributed by atoms with E-state index in [9.17, 15) is 4.79 Å². The summed E-state index contributed by atoms with van der Waals surface area (Å²) in [5.41, 5.74) is 0. The SMILES string of the molecule is N#CCCC1C[C@H]2CCN(C(=O)N3CC(Oc4ccccc4)C3)[C@H]2C1. The molecule has 0 bridgehead atoms. The normalized spacial score (nSPS) is 28.4. The molecule has 5 heteroatoms. The molecule has 4 rings (SSSR count). The number of carbonyl (C=O) groups excluding carboxylic acids is 1. The number of benzene rings is 1. The zero-order valence-corrected chi connectivity index (χ0v) is 14.5. The first-order valence-corrected chi connectivity index (χ1v) is 9.39. The number of carbonyl (C=O) groups is 1. The second kappa shape index (κ2) is 6.95. The van der Waals surface area contributed by atoms with E-state index in [2.05, 4.69) is 11.0 Å². The van der Waals surface area contributed by atoms with E-state index in [-0.39, 0.29) is 12.1 Å². The van der Waals surface area contributed by atoms with Crippen molar-refractivity contribution in [2.75, 3.05) is 19.6 Å². The van der Waals surface area contributed by atoms with Crippen LogP contribution in [0.25, 0.3) is 0 Å². The first kappa shape index (κ1) is 16.3. The molecule has 1 aromatic rings. The molecule has 5 nitrogen and oxygen atoms in total. The Balaban J connectivity index is 1.27. The van der Waals surface area contributed by atoms with Crippen molar-refractivity contribution >= 4 is 6.03 Å². The van der Waals surface area contributed by atoms with Gasteiger partial charge in [0.25, 0.3) is 0 Å². The number of para-hydroxylation sites is 1. The zero-order chi connectivity index (χ0) is 17.2. The third-order valence-electron chi connectivity index (χ3n) is 5.97. The smallest absolute Gasteiger partial charge is 0.320 e. The van der Waals surface area contributed by atoms with Crippen LogP contribution in [-0.4, -0.2) is 47.6 Å². The van der Waals surface area contributed by atoms with E-state index >= 15 is 0 Å². The molecule has 3 aliphatic rings. The van der Waals surface area contributed by atoms with Crippen LogP contribution in [0.15, 0.2) is 30.3 Å². The predicted octanol–water partition coefficient (Wildman–Crippen LogP) is 3.27. The van der Waals surface area contributed by atoms with Crippen LogP contribution in [0.1, 0.15) is 32.1 Å². The standard InChI is InChI=1S/C20H25N3O2/c21-9-4-5-15-11-16-8-10-23(19(16)12-15)20(24)22-13-18(14-22)25-17-6-2-1-3-7-17/h1-3,6-7,15-16,18-19H,4-5,8,10-14H2/t15?,16-,19+/m1/s1. The number of nitriles is 1. The summed E-state index contributed by atoms with van der Waals surface area (Å²) in [6.45, 7) is 2.25. The third kappa shape index (κ3) is 3.30. The van der Waals surface area contributed by atoms with Crippen LogP contribution in [0.5, 0.6) is 5.75 Å². The molecule has 1 saturated carbocycles. The van der Waals surface area contributed by atoms with E-state index in [0.29, 0.717) is 37.4 Å². The highest BCUT2D eigenvalue weighted by atomic mass is 16.5. The molecule has 3 fully saturated rings. The molecule has 1 aromatic carbocycles. The van der Waals surface area contributed by atoms with Gasteiger partial charge in [0.1, 0.15) is 11.9 Å². The number of likely N-dealkylation sites (tertiary alicyclic amines) is 2. The summed E-state index contributed by atoms with van der Waals surface area (Å²) in [5, 5.41) is 8.78. The van der Waals surface area contributed by atoms with Crippen LogP contribution < -0.4 is 4.74 Å². The lowest BCUT2D eigenvalue weighted by Crippen LogP contribution is -2.60. The highest BCUT2D eigenvalue weighted by molar-refractivity contribution is 5.76. The summed E-state index contributed by atoms with van der Waals surface area (Å²) in [6, 6.07) is 12.6. The second-order valence-corrected chi connectivity index (χ2v) is 7.58. The molecule has 0 radical (unpaired) electrons. The molecule has 1 unspecified atom stereocenters. The van der Waals surface area contributed by atoms with Crippen molar-refractivity contribution in [3.05, 3.63) is 30.3 Å². The Bertz CT molecular complexity index is 651. The Morgan fingerprint density at radius 2 is 2.04 bits per heavy atom. The number of rotatable bonds is 4. The molecule has 0 spiro atoms. The summed E-state index contributed by atoms with van der Waals surface area (Å²) in [4.78, 5) is 16.8. The van der Waals surface area contributed by atoms with E-state index < -0.39 is 0 Å². The summed E-state index contributed by atoms with van der Waals surface area (Å²) >= 11 is 0. The minimum atomic E-state index is 0.108. The Kier molecular flexibility index (Phi) is 4.52. The fraction of sp³-hybridized carbons (Fsp3) is 0.600. The molecule has 25 heavy (non-hydrogen) atoms. The van der Waals surface area contributed by atoms with Gasteiger partial charge >= 0.3 is 6.03 Å². The van der Waals surface area contributed by atoms with Crippen molar-refractivity contribution in [1.82, 2.24) is 9.80 Å². The number of hydrogen-bond donors (Lipinski definition) is 0. The van der Waals surface area contributed by atoms with Gasteiger partial charge in [-0.3, -0.25) is 0 Å². The highest BCUT2D eigenvalue weighted by Crippen LogP contribution is 2.43. The van der Waals surface area contributed by atoms with Gasteiger partial charge in [-0.05, 0) is 49.7 Å². The summed E-state index contributed by atoms with van der Waals surface area (Å²) in [7, 11) is 0. The number of nitrogens with zero attached hydrogens (tertiary/aromatic N) is 3. The molecule has 3 atom stereocenters. The number of ether oxygens (including phenoxy) is 1. The van der Waals surface area contributed by atoms with Crippen LogP contribution in [0.4, 0.5) is 4.79 Å². The summed E-state index contributed by atoms with van der Waals surface area (Å²) in [6.07, 6.45) is 5.13. The lowest BCUT2D eigenvalue weighted by atomic mass is 9.99. The van der Waals surface area contributed by atoms with Crippen molar-refractivity contribution in [1.29, 1.82) is 5.26 Å². The molecule has 0 aromatic heterocycles. The van der Waals surface area contributed by atoms with Crippen LogP contribution >= 0.6 is 0 Å². The zero-order valence-electron chi connectivity index (χ0n) is 14.5. The second-order valence-electron chi connectivity index (χ2n) is 7.58. The quantitative estimate of drug-likeness (QED) is 0.846. The largest absolute Gasteiger partial charge is 0.487 e. The van der Waals surface area contributed by atoms with E-state index in [4.69, 9.17) is 10.00 Å². The van der Waals surface area contributed by atoms with Gasteiger partial charge in [0, 0.05) is 19.0 Å². The molecular weight excluding hydrogens is 314 g/mol. The molecule has 2 aliphatic heterocycles. The monoisotopic (exact) mass is 339 g/mol. The molecule has 132 valence electrons. The lowest BCUT2D eigenvalue weighted by molar-refractivity contribution is 0.0288. The Labute approximate surface area is 149 Å². The van der Waals surface area contributed by atoms with Crippen molar-refractivity contribution in [3.63, 3.8) is 0 Å². The fourth-order valence-electron chi connectivity index (χ4n) is 4.66. The molecule has 1 aliphatic carbocycles. The Morgan fingerprint density at radius 1 is 1.24 bits per heavy atom. The maximum Gasteiger partial charge on any atom is 0.320 e. The van der Waals surface area contributed by atoms with Gasteiger partial charge in [0.05, 0.1) is 19.2 Å². The molecule has 2 amide bonds. The van der Waals surface area contributed by atoms with Crippen molar-refractivity contribution in [2.45, 2.75) is 44.2 Å². The van der Waals surface area contributed by atoms with Crippen LogP contribution in [-0.2, 0) is 0 Å². The maximum absolute atomic E-state index is 12.8. The fourth-order valence-corrected chi connectivity index (χ4v) is 4.66. The molecular formula is C20H25N3O2. The molecule has 0 N–H and O–H groups in total. The molecule has 2 saturated heterocycles. The van der Waals surface area contributed by atoms with E-state index in [1.54, 1.807) is 0 Å². The predicted molar refractivity (Wildman–Crippen MR) is 94.0 cm³/mol. The van der Waals surface area contributed by atoms with E-state index in [0.717, 1.165) is 31.6 Å². The van der Waals surface area contributed by atoms with Crippen molar-refractivity contribution < 1.29 is 9.53 Å². The number of fused-ring (bicyclic) bond motifs is 1. The number of urea groups is 1. The number of amides is 2. The highest BCUT2D eigenvalue weighted by Gasteiger charge is 2.46. The van der Waals surface area contributed by atoms with Crippen LogP contribution in [0.3, 0.4) is 0 Å². The minimum absolute atomic E-state index is 0.108. The summed E-state index contributed by atoms with van der Waals surface area (Å²) in [5.74, 6) is 2.14. The Morgan fingerprint density at radius 3 is 2.80 bits per heavy atom. The van der Waals surface area contributed by atoms with Gasteiger partial charge in [-0.2, -0.15) is 5.26 Å². The van der Waals surface area contributed by atoms with E-state index in [1.165, 1.54) is 6.42 Å². The van der Waals surface area contributed by atoms with E-state index in [1.807, 2.05) is 35.2 Å². The van der Waals surface area contributed by atoms with Crippen LogP contribution in [0.2, 0.25) is 0 Å². The number of hydrogen-bond acceptors (Lipinski definition) is 3. The van der Waals surface area contributed by atoms with Gasteiger partial charge in [-0.15, -0.1) is 0 Å². The average Bonchev–Trinajstić information content (AvgIpc) is 3.16. The van der Waals surface area contributed by atoms with Gasteiger partial charge in [-0.1, -0.05) is 18.2 Å². The summed E-state index contributed by atoms with van der Waals surface area (Å²) < 4.78 is 5.90. The van der Waals surface area contributed by atoms with Crippen LogP contribution in [0, 0.1) is 23.2 Å². The lowest BCUT2D eigenvalue weighted by Gasteiger charge is -2.42. The van der Waals surface area contributed by atoms with Crippen molar-refractivity contribution in [3.8, 4) is 11.8 Å². The average molecular weight is 339 g/mol. The first-order chi connectivity index (χ1) is 12.2. The molecule has 2 heterocycles.